The molecule has 156 valence electrons. The Morgan fingerprint density at radius 1 is 1.10 bits per heavy atom. The number of rotatable bonds is 6. The summed E-state index contributed by atoms with van der Waals surface area (Å²) < 4.78 is 10.6. The van der Waals surface area contributed by atoms with Gasteiger partial charge in [-0.25, -0.2) is 4.79 Å². The molecule has 4 rings (SSSR count). The molecule has 30 heavy (non-hydrogen) atoms. The first-order chi connectivity index (χ1) is 14.7. The van der Waals surface area contributed by atoms with Gasteiger partial charge < -0.3 is 14.4 Å². The maximum Gasteiger partial charge on any atom is 0.337 e. The van der Waals surface area contributed by atoms with Crippen LogP contribution in [0.3, 0.4) is 0 Å². The molecule has 3 aromatic carbocycles. The zero-order chi connectivity index (χ0) is 20.9. The molecule has 0 saturated carbocycles. The van der Waals surface area contributed by atoms with Crippen LogP contribution in [-0.2, 0) is 9.47 Å². The molecule has 1 aliphatic rings. The van der Waals surface area contributed by atoms with Gasteiger partial charge in [0.05, 0.1) is 31.9 Å². The second-order valence-electron chi connectivity index (χ2n) is 8.01. The number of fused-ring (bicyclic) bond motifs is 1. The first kappa shape index (κ1) is 20.4. The Hall–Kier alpha value is -2.85. The van der Waals surface area contributed by atoms with Crippen molar-refractivity contribution in [3.05, 3.63) is 77.9 Å². The largest absolute Gasteiger partial charge is 0.465 e. The molecule has 1 heterocycles. The number of benzene rings is 3. The number of nitrogens with zero attached hydrogens (tertiary/aromatic N) is 1. The van der Waals surface area contributed by atoms with Gasteiger partial charge in [-0.3, -0.25) is 0 Å². The lowest BCUT2D eigenvalue weighted by molar-refractivity contribution is 0.0600. The highest BCUT2D eigenvalue weighted by Crippen LogP contribution is 2.31. The Bertz CT molecular complexity index is 993. The van der Waals surface area contributed by atoms with E-state index in [1.54, 1.807) is 0 Å². The van der Waals surface area contributed by atoms with Crippen molar-refractivity contribution in [2.45, 2.75) is 31.7 Å². The van der Waals surface area contributed by atoms with E-state index in [-0.39, 0.29) is 5.97 Å². The maximum absolute atomic E-state index is 11.7. The minimum atomic E-state index is -0.302. The molecule has 1 fully saturated rings. The Morgan fingerprint density at radius 2 is 1.87 bits per heavy atom. The van der Waals surface area contributed by atoms with Crippen LogP contribution >= 0.6 is 0 Å². The summed E-state index contributed by atoms with van der Waals surface area (Å²) >= 11 is 0. The van der Waals surface area contributed by atoms with E-state index in [9.17, 15) is 4.79 Å². The molecule has 1 unspecified atom stereocenters. The molecular formula is C26H29NO3. The number of morpholine rings is 1. The molecule has 0 bridgehead atoms. The van der Waals surface area contributed by atoms with E-state index in [1.807, 2.05) is 24.3 Å². The van der Waals surface area contributed by atoms with Gasteiger partial charge in [-0.1, -0.05) is 49.4 Å². The third-order valence-electron chi connectivity index (χ3n) is 6.13. The fraction of sp³-hybridized carbons (Fsp3) is 0.346. The average Bonchev–Trinajstić information content (AvgIpc) is 2.82. The summed E-state index contributed by atoms with van der Waals surface area (Å²) in [6, 6.07) is 23.3. The van der Waals surface area contributed by atoms with Gasteiger partial charge in [0.25, 0.3) is 0 Å². The Balaban J connectivity index is 1.46. The average molecular weight is 404 g/mol. The van der Waals surface area contributed by atoms with Crippen LogP contribution in [0.15, 0.2) is 66.7 Å². The van der Waals surface area contributed by atoms with Gasteiger partial charge in [-0.05, 0) is 59.4 Å². The summed E-state index contributed by atoms with van der Waals surface area (Å²) in [4.78, 5) is 14.1. The van der Waals surface area contributed by atoms with Crippen molar-refractivity contribution in [1.29, 1.82) is 0 Å². The summed E-state index contributed by atoms with van der Waals surface area (Å²) in [6.07, 6.45) is 2.15. The number of carbonyl (C=O) groups excluding carboxylic acids is 1. The van der Waals surface area contributed by atoms with Crippen molar-refractivity contribution in [2.75, 3.05) is 31.8 Å². The van der Waals surface area contributed by atoms with E-state index in [4.69, 9.17) is 9.47 Å². The monoisotopic (exact) mass is 403 g/mol. The highest BCUT2D eigenvalue weighted by atomic mass is 16.5. The first-order valence-electron chi connectivity index (χ1n) is 10.7. The highest BCUT2D eigenvalue weighted by Gasteiger charge is 2.24. The molecule has 0 aliphatic carbocycles. The third-order valence-corrected chi connectivity index (χ3v) is 6.13. The standard InChI is InChI=1S/C26H29NO3/c1-19(24-9-5-7-20-6-3-4-8-25(20)24)10-13-23-18-30-17-16-27(23)22-14-11-21(12-15-22)26(28)29-2/h3-9,11-12,14-15,19,23H,10,13,16-18H2,1-2H3/t19-,23?/m0/s1. The SMILES string of the molecule is COC(=O)c1ccc(N2CCOCC2CC[C@H](C)c2cccc3ccccc23)cc1. The molecule has 0 aromatic heterocycles. The molecule has 0 N–H and O–H groups in total. The molecule has 1 aliphatic heterocycles. The Kier molecular flexibility index (Phi) is 6.34. The van der Waals surface area contributed by atoms with E-state index >= 15 is 0 Å². The zero-order valence-electron chi connectivity index (χ0n) is 17.7. The van der Waals surface area contributed by atoms with Crippen molar-refractivity contribution in [2.24, 2.45) is 0 Å². The Labute approximate surface area is 178 Å². The normalized spacial score (nSPS) is 17.7. The van der Waals surface area contributed by atoms with E-state index in [2.05, 4.69) is 54.3 Å². The quantitative estimate of drug-likeness (QED) is 0.516. The minimum Gasteiger partial charge on any atom is -0.465 e. The number of anilines is 1. The Morgan fingerprint density at radius 3 is 2.67 bits per heavy atom. The minimum absolute atomic E-state index is 0.302. The van der Waals surface area contributed by atoms with Gasteiger partial charge in [-0.2, -0.15) is 0 Å². The van der Waals surface area contributed by atoms with E-state index in [0.717, 1.165) is 38.3 Å². The highest BCUT2D eigenvalue weighted by molar-refractivity contribution is 5.89. The van der Waals surface area contributed by atoms with Crippen LogP contribution in [0, 0.1) is 0 Å². The van der Waals surface area contributed by atoms with Crippen LogP contribution in [-0.4, -0.2) is 38.9 Å². The van der Waals surface area contributed by atoms with Crippen molar-refractivity contribution in [3.8, 4) is 0 Å². The molecular weight excluding hydrogens is 374 g/mol. The van der Waals surface area contributed by atoms with Crippen LogP contribution in [0.2, 0.25) is 0 Å². The smallest absolute Gasteiger partial charge is 0.337 e. The molecule has 3 aromatic rings. The maximum atomic E-state index is 11.7. The summed E-state index contributed by atoms with van der Waals surface area (Å²) in [5.41, 5.74) is 3.13. The molecule has 4 nitrogen and oxygen atoms in total. The molecule has 0 radical (unpaired) electrons. The topological polar surface area (TPSA) is 38.8 Å². The lowest BCUT2D eigenvalue weighted by atomic mass is 9.90. The fourth-order valence-corrected chi connectivity index (χ4v) is 4.42. The van der Waals surface area contributed by atoms with Gasteiger partial charge in [0.15, 0.2) is 0 Å². The number of esters is 1. The van der Waals surface area contributed by atoms with Gasteiger partial charge in [0.2, 0.25) is 0 Å². The van der Waals surface area contributed by atoms with E-state index in [0.29, 0.717) is 17.5 Å². The number of methoxy groups -OCH3 is 1. The molecule has 0 amide bonds. The molecule has 4 heteroatoms. The van der Waals surface area contributed by atoms with Crippen LogP contribution in [0.25, 0.3) is 10.8 Å². The third kappa shape index (κ3) is 4.34. The summed E-state index contributed by atoms with van der Waals surface area (Å²) in [6.45, 7) is 4.65. The summed E-state index contributed by atoms with van der Waals surface area (Å²) in [7, 11) is 1.41. The van der Waals surface area contributed by atoms with Crippen molar-refractivity contribution in [1.82, 2.24) is 0 Å². The molecule has 1 saturated heterocycles. The van der Waals surface area contributed by atoms with Crippen molar-refractivity contribution in [3.63, 3.8) is 0 Å². The molecule has 0 spiro atoms. The first-order valence-corrected chi connectivity index (χ1v) is 10.7. The van der Waals surface area contributed by atoms with Gasteiger partial charge >= 0.3 is 5.97 Å². The number of carbonyl (C=O) groups is 1. The second-order valence-corrected chi connectivity index (χ2v) is 8.01. The predicted molar refractivity (Wildman–Crippen MR) is 121 cm³/mol. The van der Waals surface area contributed by atoms with Gasteiger partial charge in [-0.15, -0.1) is 0 Å². The van der Waals surface area contributed by atoms with Crippen molar-refractivity contribution < 1.29 is 14.3 Å². The summed E-state index contributed by atoms with van der Waals surface area (Å²) in [5.74, 6) is 0.172. The van der Waals surface area contributed by atoms with Crippen LogP contribution < -0.4 is 4.90 Å². The lowest BCUT2D eigenvalue weighted by Crippen LogP contribution is -2.45. The predicted octanol–water partition coefficient (Wildman–Crippen LogP) is 5.42. The fourth-order valence-electron chi connectivity index (χ4n) is 4.42. The van der Waals surface area contributed by atoms with Crippen LogP contribution in [0.5, 0.6) is 0 Å². The van der Waals surface area contributed by atoms with Crippen molar-refractivity contribution >= 4 is 22.4 Å². The number of hydrogen-bond acceptors (Lipinski definition) is 4. The lowest BCUT2D eigenvalue weighted by Gasteiger charge is -2.38. The number of hydrogen-bond donors (Lipinski definition) is 0. The van der Waals surface area contributed by atoms with E-state index < -0.39 is 0 Å². The zero-order valence-corrected chi connectivity index (χ0v) is 17.7. The van der Waals surface area contributed by atoms with Crippen LogP contribution in [0.1, 0.15) is 41.6 Å². The molecule has 2 atom stereocenters. The van der Waals surface area contributed by atoms with Crippen LogP contribution in [0.4, 0.5) is 5.69 Å². The second kappa shape index (κ2) is 9.31. The number of ether oxygens (including phenoxy) is 2. The van der Waals surface area contributed by atoms with E-state index in [1.165, 1.54) is 23.4 Å². The van der Waals surface area contributed by atoms with Gasteiger partial charge in [0.1, 0.15) is 0 Å². The van der Waals surface area contributed by atoms with Gasteiger partial charge in [0, 0.05) is 12.2 Å². The summed E-state index contributed by atoms with van der Waals surface area (Å²) in [5, 5.41) is 2.65.